The van der Waals surface area contributed by atoms with Crippen molar-refractivity contribution in [2.45, 2.75) is 26.4 Å². The topological polar surface area (TPSA) is 69.6 Å². The smallest absolute Gasteiger partial charge is 0.251 e. The van der Waals surface area contributed by atoms with E-state index in [9.17, 15) is 14.7 Å². The van der Waals surface area contributed by atoms with E-state index in [1.165, 1.54) is 0 Å². The van der Waals surface area contributed by atoms with Gasteiger partial charge in [-0.05, 0) is 31.5 Å². The highest BCUT2D eigenvalue weighted by molar-refractivity contribution is 6.00. The van der Waals surface area contributed by atoms with Crippen LogP contribution < -0.4 is 10.2 Å². The summed E-state index contributed by atoms with van der Waals surface area (Å²) in [6, 6.07) is 5.26. The van der Waals surface area contributed by atoms with Crippen LogP contribution >= 0.6 is 0 Å². The highest BCUT2D eigenvalue weighted by Gasteiger charge is 2.30. The lowest BCUT2D eigenvalue weighted by Crippen LogP contribution is -2.27. The molecule has 1 fully saturated rings. The van der Waals surface area contributed by atoms with Crippen molar-refractivity contribution in [3.05, 3.63) is 29.3 Å². The van der Waals surface area contributed by atoms with Gasteiger partial charge in [0.05, 0.1) is 19.1 Å². The number of anilines is 1. The molecule has 0 aromatic heterocycles. The summed E-state index contributed by atoms with van der Waals surface area (Å²) >= 11 is 0. The number of aryl methyl sites for hydroxylation is 1. The maximum Gasteiger partial charge on any atom is 0.251 e. The van der Waals surface area contributed by atoms with Gasteiger partial charge in [0.15, 0.2) is 0 Å². The zero-order chi connectivity index (χ0) is 14.0. The molecule has 1 aliphatic heterocycles. The second-order valence-electron chi connectivity index (χ2n) is 4.72. The number of amides is 2. The van der Waals surface area contributed by atoms with Gasteiger partial charge >= 0.3 is 0 Å². The molecule has 0 bridgehead atoms. The number of hydrogen-bond donors (Lipinski definition) is 2. The summed E-state index contributed by atoms with van der Waals surface area (Å²) in [6.45, 7) is 4.59. The molecule has 5 nitrogen and oxygen atoms in total. The molecule has 0 spiro atoms. The van der Waals surface area contributed by atoms with E-state index in [0.29, 0.717) is 24.3 Å². The van der Waals surface area contributed by atoms with Crippen LogP contribution in [0.1, 0.15) is 29.3 Å². The van der Waals surface area contributed by atoms with Gasteiger partial charge in [0, 0.05) is 17.8 Å². The maximum atomic E-state index is 11.8. The zero-order valence-electron chi connectivity index (χ0n) is 11.1. The summed E-state index contributed by atoms with van der Waals surface area (Å²) in [4.78, 5) is 25.2. The minimum Gasteiger partial charge on any atom is -0.391 e. The molecule has 2 amide bonds. The van der Waals surface area contributed by atoms with Crippen molar-refractivity contribution in [3.63, 3.8) is 0 Å². The molecular formula is C14H18N2O3. The number of hydrogen-bond acceptors (Lipinski definition) is 3. The largest absolute Gasteiger partial charge is 0.391 e. The Hall–Kier alpha value is -1.88. The lowest BCUT2D eigenvalue weighted by Gasteiger charge is -2.19. The molecule has 1 unspecified atom stereocenters. The van der Waals surface area contributed by atoms with E-state index in [0.717, 1.165) is 5.56 Å². The summed E-state index contributed by atoms with van der Waals surface area (Å²) in [5.41, 5.74) is 2.14. The van der Waals surface area contributed by atoms with Gasteiger partial charge in [0.25, 0.3) is 5.91 Å². The quantitative estimate of drug-likeness (QED) is 0.848. The lowest BCUT2D eigenvalue weighted by atomic mass is 10.1. The predicted molar refractivity (Wildman–Crippen MR) is 72.2 cm³/mol. The number of nitrogens with zero attached hydrogens (tertiary/aromatic N) is 1. The number of aliphatic hydroxyl groups excluding tert-OH is 1. The van der Waals surface area contributed by atoms with Crippen LogP contribution in [0.3, 0.4) is 0 Å². The van der Waals surface area contributed by atoms with E-state index in [1.54, 1.807) is 17.0 Å². The highest BCUT2D eigenvalue weighted by atomic mass is 16.3. The molecule has 1 saturated heterocycles. The number of rotatable bonds is 3. The van der Waals surface area contributed by atoms with E-state index in [4.69, 9.17) is 0 Å². The van der Waals surface area contributed by atoms with Crippen LogP contribution in [-0.4, -0.2) is 36.1 Å². The summed E-state index contributed by atoms with van der Waals surface area (Å²) in [6.07, 6.45) is -0.481. The number of carbonyl (C=O) groups excluding carboxylic acids is 2. The van der Waals surface area contributed by atoms with Gasteiger partial charge in [-0.2, -0.15) is 0 Å². The normalized spacial score (nSPS) is 18.8. The molecule has 1 heterocycles. The summed E-state index contributed by atoms with van der Waals surface area (Å²) in [5, 5.41) is 12.3. The van der Waals surface area contributed by atoms with E-state index >= 15 is 0 Å². The Morgan fingerprint density at radius 2 is 2.26 bits per heavy atom. The Morgan fingerprint density at radius 1 is 1.53 bits per heavy atom. The van der Waals surface area contributed by atoms with Crippen LogP contribution in [0.15, 0.2) is 18.2 Å². The standard InChI is InChI=1S/C14H18N2O3/c1-3-15-14(19)10-5-4-9(2)12(6-10)16-8-11(17)7-13(16)18/h4-6,11,17H,3,7-8H2,1-2H3,(H,15,19). The Morgan fingerprint density at radius 3 is 2.84 bits per heavy atom. The fraction of sp³-hybridized carbons (Fsp3) is 0.429. The van der Waals surface area contributed by atoms with Crippen molar-refractivity contribution in [2.24, 2.45) is 0 Å². The number of carbonyl (C=O) groups is 2. The summed E-state index contributed by atoms with van der Waals surface area (Å²) in [7, 11) is 0. The SMILES string of the molecule is CCNC(=O)c1ccc(C)c(N2CC(O)CC2=O)c1. The first-order chi connectivity index (χ1) is 9.02. The molecule has 1 aliphatic rings. The first kappa shape index (κ1) is 13.5. The maximum absolute atomic E-state index is 11.8. The first-order valence-electron chi connectivity index (χ1n) is 6.40. The van der Waals surface area contributed by atoms with Gasteiger partial charge in [-0.15, -0.1) is 0 Å². The van der Waals surface area contributed by atoms with Gasteiger partial charge < -0.3 is 15.3 Å². The number of β-amino-alcohol motifs (C(OH)–C–C–N with tert-alkyl or cyclic N) is 1. The molecule has 0 saturated carbocycles. The van der Waals surface area contributed by atoms with Crippen molar-refractivity contribution in [1.29, 1.82) is 0 Å². The minimum atomic E-state index is -0.625. The van der Waals surface area contributed by atoms with Gasteiger partial charge in [-0.1, -0.05) is 6.07 Å². The highest BCUT2D eigenvalue weighted by Crippen LogP contribution is 2.26. The van der Waals surface area contributed by atoms with Crippen molar-refractivity contribution in [1.82, 2.24) is 5.32 Å². The third kappa shape index (κ3) is 2.76. The predicted octanol–water partition coefficient (Wildman–Crippen LogP) is 0.842. The molecule has 1 aromatic carbocycles. The summed E-state index contributed by atoms with van der Waals surface area (Å²) < 4.78 is 0. The van der Waals surface area contributed by atoms with Crippen LogP contribution in [0.4, 0.5) is 5.69 Å². The van der Waals surface area contributed by atoms with Crippen LogP contribution in [-0.2, 0) is 4.79 Å². The monoisotopic (exact) mass is 262 g/mol. The molecule has 0 radical (unpaired) electrons. The molecule has 102 valence electrons. The average Bonchev–Trinajstić information content (AvgIpc) is 2.69. The fourth-order valence-electron chi connectivity index (χ4n) is 2.23. The van der Waals surface area contributed by atoms with Crippen LogP contribution in [0.25, 0.3) is 0 Å². The van der Waals surface area contributed by atoms with Crippen molar-refractivity contribution in [2.75, 3.05) is 18.0 Å². The summed E-state index contributed by atoms with van der Waals surface area (Å²) in [5.74, 6) is -0.264. The molecule has 1 aromatic rings. The third-order valence-corrected chi connectivity index (χ3v) is 3.20. The van der Waals surface area contributed by atoms with Gasteiger partial charge in [-0.25, -0.2) is 0 Å². The Labute approximate surface area is 112 Å². The second-order valence-corrected chi connectivity index (χ2v) is 4.72. The number of nitrogens with one attached hydrogen (secondary N) is 1. The molecule has 2 rings (SSSR count). The van der Waals surface area contributed by atoms with Gasteiger partial charge in [0.1, 0.15) is 0 Å². The molecule has 5 heteroatoms. The van der Waals surface area contributed by atoms with E-state index < -0.39 is 6.10 Å². The number of benzene rings is 1. The average molecular weight is 262 g/mol. The van der Waals surface area contributed by atoms with Crippen molar-refractivity contribution < 1.29 is 14.7 Å². The third-order valence-electron chi connectivity index (χ3n) is 3.20. The Kier molecular flexibility index (Phi) is 3.85. The van der Waals surface area contributed by atoms with Crippen LogP contribution in [0.2, 0.25) is 0 Å². The van der Waals surface area contributed by atoms with Crippen LogP contribution in [0, 0.1) is 6.92 Å². The van der Waals surface area contributed by atoms with E-state index in [2.05, 4.69) is 5.32 Å². The van der Waals surface area contributed by atoms with E-state index in [-0.39, 0.29) is 18.2 Å². The minimum absolute atomic E-state index is 0.108. The van der Waals surface area contributed by atoms with E-state index in [1.807, 2.05) is 19.9 Å². The molecule has 1 atom stereocenters. The van der Waals surface area contributed by atoms with Gasteiger partial charge in [0.2, 0.25) is 5.91 Å². The second kappa shape index (κ2) is 5.40. The lowest BCUT2D eigenvalue weighted by molar-refractivity contribution is -0.117. The molecule has 19 heavy (non-hydrogen) atoms. The fourth-order valence-corrected chi connectivity index (χ4v) is 2.23. The molecule has 2 N–H and O–H groups in total. The first-order valence-corrected chi connectivity index (χ1v) is 6.40. The zero-order valence-corrected chi connectivity index (χ0v) is 11.1. The van der Waals surface area contributed by atoms with Crippen LogP contribution in [0.5, 0.6) is 0 Å². The molecule has 0 aliphatic carbocycles. The Balaban J connectivity index is 2.32. The molecular weight excluding hydrogens is 244 g/mol. The number of aliphatic hydroxyl groups is 1. The Bertz CT molecular complexity index is 513. The van der Waals surface area contributed by atoms with Crippen molar-refractivity contribution in [3.8, 4) is 0 Å². The van der Waals surface area contributed by atoms with Gasteiger partial charge in [-0.3, -0.25) is 9.59 Å². The van der Waals surface area contributed by atoms with Crippen molar-refractivity contribution >= 4 is 17.5 Å².